The first kappa shape index (κ1) is 20.4. The van der Waals surface area contributed by atoms with E-state index in [0.29, 0.717) is 5.19 Å². The van der Waals surface area contributed by atoms with Gasteiger partial charge in [-0.3, -0.25) is 0 Å². The number of benzene rings is 1. The normalized spacial score (nSPS) is 11.0. The van der Waals surface area contributed by atoms with Crippen LogP contribution in [0.15, 0.2) is 28.7 Å². The van der Waals surface area contributed by atoms with Crippen LogP contribution in [0.1, 0.15) is 71.1 Å². The van der Waals surface area contributed by atoms with Crippen LogP contribution in [0.4, 0.5) is 0 Å². The monoisotopic (exact) mass is 424 g/mol. The third-order valence-corrected chi connectivity index (χ3v) is 5.63. The van der Waals surface area contributed by atoms with Gasteiger partial charge in [-0.25, -0.2) is 0 Å². The van der Waals surface area contributed by atoms with Gasteiger partial charge in [0.1, 0.15) is 0 Å². The number of hydrogen-bond donors (Lipinski definition) is 0. The molecule has 0 unspecified atom stereocenters. The number of aromatic nitrogens is 2. The smallest absolute Gasteiger partial charge is 0.294 e. The van der Waals surface area contributed by atoms with E-state index in [0.717, 1.165) is 28.1 Å². The molecule has 138 valence electrons. The average Bonchev–Trinajstić information content (AvgIpc) is 3.09. The number of unbranched alkanes of at least 4 members (excludes halogenated alkanes) is 9. The second-order valence-corrected chi connectivity index (χ2v) is 8.27. The zero-order chi connectivity index (χ0) is 17.7. The molecule has 2 rings (SSSR count). The number of ether oxygens (including phenoxy) is 1. The van der Waals surface area contributed by atoms with Gasteiger partial charge in [0.05, 0.1) is 6.61 Å². The second kappa shape index (κ2) is 12.4. The highest BCUT2D eigenvalue weighted by atomic mass is 79.9. The Morgan fingerprint density at radius 3 is 2.08 bits per heavy atom. The van der Waals surface area contributed by atoms with Crippen molar-refractivity contribution in [2.24, 2.45) is 0 Å². The first-order valence-electron chi connectivity index (χ1n) is 9.52. The Kier molecular flexibility index (Phi) is 10.1. The third kappa shape index (κ3) is 8.32. The van der Waals surface area contributed by atoms with E-state index in [1.165, 1.54) is 69.1 Å². The fraction of sp³-hybridized carbons (Fsp3) is 0.600. The lowest BCUT2D eigenvalue weighted by Crippen LogP contribution is -1.96. The van der Waals surface area contributed by atoms with Gasteiger partial charge in [0, 0.05) is 10.0 Å². The molecule has 0 amide bonds. The van der Waals surface area contributed by atoms with E-state index in [1.54, 1.807) is 0 Å². The minimum atomic E-state index is 0.675. The molecule has 0 saturated heterocycles. The summed E-state index contributed by atoms with van der Waals surface area (Å²) in [6, 6.07) is 8.11. The molecule has 2 aromatic rings. The van der Waals surface area contributed by atoms with Crippen LogP contribution < -0.4 is 4.74 Å². The van der Waals surface area contributed by atoms with Gasteiger partial charge < -0.3 is 4.74 Å². The molecule has 0 atom stereocenters. The summed E-state index contributed by atoms with van der Waals surface area (Å²) in [6.45, 7) is 3.01. The van der Waals surface area contributed by atoms with Crippen LogP contribution >= 0.6 is 27.3 Å². The quantitative estimate of drug-likeness (QED) is 0.317. The van der Waals surface area contributed by atoms with Crippen molar-refractivity contribution in [3.8, 4) is 15.8 Å². The van der Waals surface area contributed by atoms with Crippen molar-refractivity contribution in [2.45, 2.75) is 71.1 Å². The molecule has 0 spiro atoms. The predicted octanol–water partition coefficient (Wildman–Crippen LogP) is 7.27. The van der Waals surface area contributed by atoms with Gasteiger partial charge in [0.25, 0.3) is 5.19 Å². The number of hydrogen-bond acceptors (Lipinski definition) is 4. The molecule has 1 aromatic carbocycles. The third-order valence-electron chi connectivity index (χ3n) is 4.22. The van der Waals surface area contributed by atoms with E-state index in [2.05, 4.69) is 33.1 Å². The predicted molar refractivity (Wildman–Crippen MR) is 110 cm³/mol. The molecular formula is C20H29BrN2OS. The molecule has 0 radical (unpaired) electrons. The summed E-state index contributed by atoms with van der Waals surface area (Å²) in [5.74, 6) is 0. The van der Waals surface area contributed by atoms with Crippen molar-refractivity contribution < 1.29 is 4.74 Å². The number of rotatable bonds is 13. The van der Waals surface area contributed by atoms with E-state index in [9.17, 15) is 0 Å². The molecule has 1 heterocycles. The SMILES string of the molecule is CCCCCCCCCCCCOc1nnc(-c2ccc(Br)cc2)s1. The van der Waals surface area contributed by atoms with E-state index in [-0.39, 0.29) is 0 Å². The highest BCUT2D eigenvalue weighted by molar-refractivity contribution is 9.10. The zero-order valence-electron chi connectivity index (χ0n) is 15.2. The first-order valence-corrected chi connectivity index (χ1v) is 11.1. The van der Waals surface area contributed by atoms with Gasteiger partial charge >= 0.3 is 0 Å². The molecule has 0 aliphatic carbocycles. The molecule has 0 aliphatic heterocycles. The van der Waals surface area contributed by atoms with Crippen molar-refractivity contribution in [2.75, 3.05) is 6.61 Å². The molecule has 0 aliphatic rings. The van der Waals surface area contributed by atoms with Gasteiger partial charge in [-0.2, -0.15) is 0 Å². The van der Waals surface area contributed by atoms with Crippen LogP contribution in [0.3, 0.4) is 0 Å². The minimum Gasteiger partial charge on any atom is -0.469 e. The van der Waals surface area contributed by atoms with Crippen molar-refractivity contribution >= 4 is 27.3 Å². The van der Waals surface area contributed by atoms with Gasteiger partial charge in [0.2, 0.25) is 0 Å². The molecule has 0 fully saturated rings. The summed E-state index contributed by atoms with van der Waals surface area (Å²) in [5, 5.41) is 9.93. The fourth-order valence-electron chi connectivity index (χ4n) is 2.73. The van der Waals surface area contributed by atoms with E-state index >= 15 is 0 Å². The Morgan fingerprint density at radius 1 is 0.840 bits per heavy atom. The van der Waals surface area contributed by atoms with Crippen molar-refractivity contribution in [3.05, 3.63) is 28.7 Å². The molecule has 1 aromatic heterocycles. The average molecular weight is 425 g/mol. The van der Waals surface area contributed by atoms with Crippen LogP contribution in [-0.4, -0.2) is 16.8 Å². The molecule has 3 nitrogen and oxygen atoms in total. The lowest BCUT2D eigenvalue weighted by molar-refractivity contribution is 0.300. The summed E-state index contributed by atoms with van der Waals surface area (Å²) in [5.41, 5.74) is 1.08. The van der Waals surface area contributed by atoms with Crippen LogP contribution in [0, 0.1) is 0 Å². The topological polar surface area (TPSA) is 35.0 Å². The van der Waals surface area contributed by atoms with Gasteiger partial charge in [-0.1, -0.05) is 109 Å². The molecule has 0 saturated carbocycles. The van der Waals surface area contributed by atoms with Crippen LogP contribution in [0.5, 0.6) is 5.19 Å². The zero-order valence-corrected chi connectivity index (χ0v) is 17.6. The summed E-state index contributed by atoms with van der Waals surface area (Å²) in [7, 11) is 0. The van der Waals surface area contributed by atoms with Crippen molar-refractivity contribution in [3.63, 3.8) is 0 Å². The molecule has 5 heteroatoms. The molecule has 0 N–H and O–H groups in total. The number of halogens is 1. The Morgan fingerprint density at radius 2 is 1.44 bits per heavy atom. The Labute approximate surface area is 164 Å². The van der Waals surface area contributed by atoms with Crippen LogP contribution in [0.2, 0.25) is 0 Å². The standard InChI is InChI=1S/C20H29BrN2OS/c1-2-3-4-5-6-7-8-9-10-11-16-24-20-23-22-19(25-20)17-12-14-18(21)15-13-17/h12-15H,2-11,16H2,1H3. The Bertz CT molecular complexity index is 586. The lowest BCUT2D eigenvalue weighted by Gasteiger charge is -2.03. The summed E-state index contributed by atoms with van der Waals surface area (Å²) >= 11 is 4.96. The molecule has 0 bridgehead atoms. The molecule has 25 heavy (non-hydrogen) atoms. The maximum absolute atomic E-state index is 5.74. The maximum atomic E-state index is 5.74. The largest absolute Gasteiger partial charge is 0.469 e. The Balaban J connectivity index is 1.52. The fourth-order valence-corrected chi connectivity index (χ4v) is 3.72. The summed E-state index contributed by atoms with van der Waals surface area (Å²) in [6.07, 6.45) is 13.4. The first-order chi connectivity index (χ1) is 12.3. The van der Waals surface area contributed by atoms with Crippen LogP contribution in [-0.2, 0) is 0 Å². The highest BCUT2D eigenvalue weighted by Crippen LogP contribution is 2.28. The lowest BCUT2D eigenvalue weighted by atomic mass is 10.1. The summed E-state index contributed by atoms with van der Waals surface area (Å²) < 4.78 is 6.81. The van der Waals surface area contributed by atoms with Crippen LogP contribution in [0.25, 0.3) is 10.6 Å². The van der Waals surface area contributed by atoms with Crippen molar-refractivity contribution in [1.29, 1.82) is 0 Å². The van der Waals surface area contributed by atoms with Gasteiger partial charge in [-0.05, 0) is 18.6 Å². The van der Waals surface area contributed by atoms with E-state index in [1.807, 2.05) is 24.3 Å². The maximum Gasteiger partial charge on any atom is 0.294 e. The Hall–Kier alpha value is -0.940. The van der Waals surface area contributed by atoms with Gasteiger partial charge in [0.15, 0.2) is 5.01 Å². The van der Waals surface area contributed by atoms with E-state index in [4.69, 9.17) is 4.74 Å². The summed E-state index contributed by atoms with van der Waals surface area (Å²) in [4.78, 5) is 0. The minimum absolute atomic E-state index is 0.675. The van der Waals surface area contributed by atoms with Gasteiger partial charge in [-0.15, -0.1) is 5.10 Å². The van der Waals surface area contributed by atoms with E-state index < -0.39 is 0 Å². The molecular weight excluding hydrogens is 396 g/mol. The van der Waals surface area contributed by atoms with Crippen molar-refractivity contribution in [1.82, 2.24) is 10.2 Å². The number of nitrogens with zero attached hydrogens (tertiary/aromatic N) is 2. The highest BCUT2D eigenvalue weighted by Gasteiger charge is 2.07. The second-order valence-electron chi connectivity index (χ2n) is 6.41.